The molecule has 4 rings (SSSR count). The van der Waals surface area contributed by atoms with Gasteiger partial charge < -0.3 is 4.98 Å². The summed E-state index contributed by atoms with van der Waals surface area (Å²) in [5.74, 6) is 0.523. The van der Waals surface area contributed by atoms with Crippen molar-refractivity contribution in [1.29, 1.82) is 0 Å². The highest BCUT2D eigenvalue weighted by molar-refractivity contribution is 5.78. The van der Waals surface area contributed by atoms with Crippen LogP contribution >= 0.6 is 0 Å². The largest absolute Gasteiger partial charge is 0.325 e. The van der Waals surface area contributed by atoms with Gasteiger partial charge in [-0.15, -0.1) is 10.2 Å². The second kappa shape index (κ2) is 5.92. The molecule has 8 nitrogen and oxygen atoms in total. The van der Waals surface area contributed by atoms with Crippen molar-refractivity contribution in [2.45, 2.75) is 6.54 Å². The van der Waals surface area contributed by atoms with Crippen molar-refractivity contribution in [3.05, 3.63) is 71.0 Å². The Morgan fingerprint density at radius 2 is 1.96 bits per heavy atom. The van der Waals surface area contributed by atoms with Crippen LogP contribution in [0.4, 0.5) is 0 Å². The molecule has 0 bridgehead atoms. The Morgan fingerprint density at radius 3 is 2.62 bits per heavy atom. The molecule has 0 aliphatic heterocycles. The topological polar surface area (TPSA) is 105 Å². The number of H-pyrrole nitrogens is 2. The molecular weight excluding hydrogens is 306 g/mol. The molecule has 0 aliphatic carbocycles. The summed E-state index contributed by atoms with van der Waals surface area (Å²) in [6.45, 7) is 0.474. The van der Waals surface area contributed by atoms with Gasteiger partial charge >= 0.3 is 5.69 Å². The molecule has 0 amide bonds. The highest BCUT2D eigenvalue weighted by Gasteiger charge is 2.11. The van der Waals surface area contributed by atoms with Gasteiger partial charge in [-0.3, -0.25) is 9.55 Å². The number of pyridine rings is 1. The van der Waals surface area contributed by atoms with Crippen LogP contribution in [0.3, 0.4) is 0 Å². The fraction of sp³-hybridized carbons (Fsp3) is 0.0625. The molecule has 0 spiro atoms. The molecular formula is C16H13N7O. The fourth-order valence-electron chi connectivity index (χ4n) is 2.53. The number of rotatable bonds is 4. The van der Waals surface area contributed by atoms with Gasteiger partial charge in [-0.25, -0.2) is 4.79 Å². The Bertz CT molecular complexity index is 999. The van der Waals surface area contributed by atoms with Crippen molar-refractivity contribution in [3.63, 3.8) is 0 Å². The van der Waals surface area contributed by atoms with Gasteiger partial charge in [0, 0.05) is 29.7 Å². The molecule has 1 aromatic carbocycles. The van der Waals surface area contributed by atoms with Gasteiger partial charge in [0.15, 0.2) is 0 Å². The van der Waals surface area contributed by atoms with Crippen molar-refractivity contribution >= 4 is 0 Å². The monoisotopic (exact) mass is 319 g/mol. The summed E-state index contributed by atoms with van der Waals surface area (Å²) in [4.78, 5) is 18.7. The number of imidazole rings is 1. The molecule has 0 fully saturated rings. The van der Waals surface area contributed by atoms with Gasteiger partial charge in [-0.05, 0) is 16.8 Å². The van der Waals surface area contributed by atoms with Crippen LogP contribution in [0.5, 0.6) is 0 Å². The SMILES string of the molecule is O=c1[nH]ccn1Cc1ccc(-c2ccccc2-c2nn[nH]n2)nc1. The maximum absolute atomic E-state index is 11.6. The Balaban J connectivity index is 1.67. The molecule has 118 valence electrons. The van der Waals surface area contributed by atoms with Crippen LogP contribution in [-0.4, -0.2) is 35.2 Å². The summed E-state index contributed by atoms with van der Waals surface area (Å²) in [7, 11) is 0. The second-order valence-electron chi connectivity index (χ2n) is 5.23. The smallest absolute Gasteiger partial charge is 0.313 e. The Morgan fingerprint density at radius 1 is 1.08 bits per heavy atom. The number of nitrogens with one attached hydrogen (secondary N) is 2. The third kappa shape index (κ3) is 2.60. The van der Waals surface area contributed by atoms with Crippen molar-refractivity contribution in [1.82, 2.24) is 35.2 Å². The van der Waals surface area contributed by atoms with Gasteiger partial charge in [0.1, 0.15) is 0 Å². The maximum Gasteiger partial charge on any atom is 0.325 e. The zero-order valence-electron chi connectivity index (χ0n) is 12.5. The molecule has 24 heavy (non-hydrogen) atoms. The van der Waals surface area contributed by atoms with Crippen LogP contribution in [-0.2, 0) is 6.54 Å². The van der Waals surface area contributed by atoms with Gasteiger partial charge in [-0.2, -0.15) is 5.21 Å². The highest BCUT2D eigenvalue weighted by atomic mass is 16.1. The first-order chi connectivity index (χ1) is 11.8. The number of aromatic amines is 2. The van der Waals surface area contributed by atoms with Crippen LogP contribution in [0.2, 0.25) is 0 Å². The molecule has 2 N–H and O–H groups in total. The number of benzene rings is 1. The third-order valence-electron chi connectivity index (χ3n) is 3.69. The average Bonchev–Trinajstić information content (AvgIpc) is 3.28. The van der Waals surface area contributed by atoms with Crippen LogP contribution < -0.4 is 5.69 Å². The van der Waals surface area contributed by atoms with Gasteiger partial charge in [0.25, 0.3) is 0 Å². The minimum atomic E-state index is -0.137. The van der Waals surface area contributed by atoms with Crippen LogP contribution in [0.25, 0.3) is 22.6 Å². The lowest BCUT2D eigenvalue weighted by molar-refractivity contribution is 0.759. The van der Waals surface area contributed by atoms with Crippen LogP contribution in [0.15, 0.2) is 59.8 Å². The standard InChI is InChI=1S/C16H13N7O/c24-16-17-7-8-23(16)10-11-5-6-14(18-9-11)12-3-1-2-4-13(12)15-19-21-22-20-15/h1-9H,10H2,(H,17,24)(H,19,20,21,22). The number of hydrogen-bond acceptors (Lipinski definition) is 5. The minimum absolute atomic E-state index is 0.137. The van der Waals surface area contributed by atoms with E-state index in [4.69, 9.17) is 0 Å². The highest BCUT2D eigenvalue weighted by Crippen LogP contribution is 2.28. The number of tetrazole rings is 1. The van der Waals surface area contributed by atoms with E-state index in [1.165, 1.54) is 0 Å². The maximum atomic E-state index is 11.6. The van der Waals surface area contributed by atoms with E-state index >= 15 is 0 Å². The van der Waals surface area contributed by atoms with E-state index in [9.17, 15) is 4.79 Å². The van der Waals surface area contributed by atoms with Crippen molar-refractivity contribution in [3.8, 4) is 22.6 Å². The van der Waals surface area contributed by atoms with E-state index in [0.717, 1.165) is 22.4 Å². The van der Waals surface area contributed by atoms with E-state index in [2.05, 4.69) is 30.6 Å². The van der Waals surface area contributed by atoms with Crippen molar-refractivity contribution in [2.75, 3.05) is 0 Å². The molecule has 0 atom stereocenters. The van der Waals surface area contributed by atoms with E-state index in [0.29, 0.717) is 12.4 Å². The van der Waals surface area contributed by atoms with Crippen LogP contribution in [0, 0.1) is 0 Å². The van der Waals surface area contributed by atoms with E-state index in [-0.39, 0.29) is 5.69 Å². The predicted molar refractivity (Wildman–Crippen MR) is 87.0 cm³/mol. The van der Waals surface area contributed by atoms with Gasteiger partial charge in [0.2, 0.25) is 5.82 Å². The third-order valence-corrected chi connectivity index (χ3v) is 3.69. The number of aromatic nitrogens is 7. The Labute approximate surface area is 136 Å². The Hall–Kier alpha value is -3.55. The summed E-state index contributed by atoms with van der Waals surface area (Å²) >= 11 is 0. The first kappa shape index (κ1) is 14.1. The molecule has 4 aromatic rings. The van der Waals surface area contributed by atoms with E-state index < -0.39 is 0 Å². The first-order valence-electron chi connectivity index (χ1n) is 7.33. The van der Waals surface area contributed by atoms with Gasteiger partial charge in [0.05, 0.1) is 12.2 Å². The zero-order chi connectivity index (χ0) is 16.4. The molecule has 3 heterocycles. The molecule has 8 heteroatoms. The lowest BCUT2D eigenvalue weighted by atomic mass is 10.0. The van der Waals surface area contributed by atoms with Crippen molar-refractivity contribution in [2.24, 2.45) is 0 Å². The number of nitrogens with zero attached hydrogens (tertiary/aromatic N) is 5. The quantitative estimate of drug-likeness (QED) is 0.592. The molecule has 0 aliphatic rings. The number of hydrogen-bond donors (Lipinski definition) is 2. The van der Waals surface area contributed by atoms with Crippen LogP contribution in [0.1, 0.15) is 5.56 Å². The first-order valence-corrected chi connectivity index (χ1v) is 7.33. The molecule has 0 unspecified atom stereocenters. The summed E-state index contributed by atoms with van der Waals surface area (Å²) < 4.78 is 1.59. The average molecular weight is 319 g/mol. The minimum Gasteiger partial charge on any atom is -0.313 e. The van der Waals surface area contributed by atoms with E-state index in [1.54, 1.807) is 23.2 Å². The zero-order valence-corrected chi connectivity index (χ0v) is 12.5. The summed E-state index contributed by atoms with van der Waals surface area (Å²) in [6.07, 6.45) is 5.09. The summed E-state index contributed by atoms with van der Waals surface area (Å²) in [5.41, 5.74) is 3.39. The summed E-state index contributed by atoms with van der Waals surface area (Å²) in [5, 5.41) is 14.1. The lowest BCUT2D eigenvalue weighted by Crippen LogP contribution is -2.16. The fourth-order valence-corrected chi connectivity index (χ4v) is 2.53. The normalized spacial score (nSPS) is 10.8. The summed E-state index contributed by atoms with van der Waals surface area (Å²) in [6, 6.07) is 11.6. The second-order valence-corrected chi connectivity index (χ2v) is 5.23. The molecule has 0 saturated carbocycles. The Kier molecular flexibility index (Phi) is 3.47. The lowest BCUT2D eigenvalue weighted by Gasteiger charge is -2.07. The molecule has 0 radical (unpaired) electrons. The van der Waals surface area contributed by atoms with E-state index in [1.807, 2.05) is 36.4 Å². The molecule has 0 saturated heterocycles. The molecule has 3 aromatic heterocycles. The predicted octanol–water partition coefficient (Wildman–Crippen LogP) is 1.47. The van der Waals surface area contributed by atoms with Gasteiger partial charge in [-0.1, -0.05) is 30.3 Å². The van der Waals surface area contributed by atoms with Crippen molar-refractivity contribution < 1.29 is 0 Å².